The monoisotopic (exact) mass is 885 g/mol. The number of thiophene rings is 4. The molecule has 0 bridgehead atoms. The molecule has 1 nitrogen and oxygen atoms in total. The van der Waals surface area contributed by atoms with Gasteiger partial charge in [0.05, 0.1) is 0 Å². The van der Waals surface area contributed by atoms with Crippen molar-refractivity contribution in [2.75, 3.05) is 4.90 Å². The minimum atomic E-state index is 1.14. The summed E-state index contributed by atoms with van der Waals surface area (Å²) in [6.45, 7) is 6.09. The lowest BCUT2D eigenvalue weighted by Crippen LogP contribution is -2.09. The maximum Gasteiger partial charge on any atom is 0.0468 e. The van der Waals surface area contributed by atoms with E-state index in [0.717, 1.165) is 17.1 Å². The lowest BCUT2D eigenvalue weighted by molar-refractivity contribution is 1.29. The van der Waals surface area contributed by atoms with Gasteiger partial charge in [-0.25, -0.2) is 0 Å². The van der Waals surface area contributed by atoms with Crippen LogP contribution in [-0.4, -0.2) is 0 Å². The normalized spacial score (nSPS) is 12.5. The third-order valence-electron chi connectivity index (χ3n) is 13.2. The van der Waals surface area contributed by atoms with Gasteiger partial charge in [0.1, 0.15) is 0 Å². The van der Waals surface area contributed by atoms with Crippen molar-refractivity contribution in [1.29, 1.82) is 0 Å². The Morgan fingerprint density at radius 2 is 0.797 bits per heavy atom. The molecule has 0 saturated carbocycles. The van der Waals surface area contributed by atoms with E-state index in [9.17, 15) is 0 Å². The van der Waals surface area contributed by atoms with Gasteiger partial charge < -0.3 is 4.90 Å². The molecule has 14 aromatic rings. The van der Waals surface area contributed by atoms with Gasteiger partial charge in [0, 0.05) is 97.8 Å². The van der Waals surface area contributed by atoms with E-state index in [2.05, 4.69) is 188 Å². The Bertz CT molecular complexity index is 4350. The molecule has 64 heavy (non-hydrogen) atoms. The van der Waals surface area contributed by atoms with E-state index in [1.165, 1.54) is 124 Å². The Hall–Kier alpha value is -6.86. The summed E-state index contributed by atoms with van der Waals surface area (Å²) < 4.78 is 10.7. The zero-order valence-electron chi connectivity index (χ0n) is 34.6. The van der Waals surface area contributed by atoms with Gasteiger partial charge in [0.25, 0.3) is 0 Å². The van der Waals surface area contributed by atoms with Crippen LogP contribution in [0.1, 0.15) is 11.1 Å². The van der Waals surface area contributed by atoms with E-state index in [4.69, 9.17) is 0 Å². The van der Waals surface area contributed by atoms with E-state index >= 15 is 0 Å². The molecule has 4 aromatic heterocycles. The van der Waals surface area contributed by atoms with Crippen molar-refractivity contribution in [1.82, 2.24) is 0 Å². The molecule has 14 rings (SSSR count). The highest BCUT2D eigenvalue weighted by Crippen LogP contribution is 2.49. The molecule has 0 aliphatic rings. The van der Waals surface area contributed by atoms with Crippen LogP contribution in [0.3, 0.4) is 0 Å². The quantitative estimate of drug-likeness (QED) is 0.156. The summed E-state index contributed by atoms with van der Waals surface area (Å²) in [6, 6.07) is 62.1. The number of fused-ring (bicyclic) bond motifs is 17. The number of rotatable bonds is 5. The molecule has 0 amide bonds. The first-order chi connectivity index (χ1) is 31.5. The summed E-state index contributed by atoms with van der Waals surface area (Å²) in [7, 11) is 0. The van der Waals surface area contributed by atoms with Crippen LogP contribution in [0.5, 0.6) is 0 Å². The van der Waals surface area contributed by atoms with Crippen molar-refractivity contribution < 1.29 is 0 Å². The molecule has 10 aromatic carbocycles. The smallest absolute Gasteiger partial charge is 0.0468 e. The van der Waals surface area contributed by atoms with Crippen LogP contribution in [0.2, 0.25) is 0 Å². The van der Waals surface area contributed by atoms with Gasteiger partial charge in [-0.05, 0) is 160 Å². The topological polar surface area (TPSA) is 3.24 Å². The standard InChI is InChI=1S/C59H35NS4/c1-3-4-10-34-29-52-44(23-33(34)2)56-48(61-52)19-20-49-57(56)46-27-37-15-17-42(24-39(37)31-54(46)63-49)60(41-13-6-5-7-14-41)43-18-16-38-28-47-55(32-40(38)25-43)64-51-22-21-50-58(59(47)51)45-26-35-11-8-9-12-36(35)30-53(45)62-50/h3-32H,1H2,2H3/b10-4-. The van der Waals surface area contributed by atoms with Gasteiger partial charge in [-0.3, -0.25) is 0 Å². The van der Waals surface area contributed by atoms with Crippen LogP contribution < -0.4 is 4.90 Å². The summed E-state index contributed by atoms with van der Waals surface area (Å²) in [5.74, 6) is 0. The molecule has 0 aliphatic heterocycles. The fraction of sp³-hybridized carbons (Fsp3) is 0.0169. The van der Waals surface area contributed by atoms with E-state index in [1.54, 1.807) is 0 Å². The summed E-state index contributed by atoms with van der Waals surface area (Å²) >= 11 is 7.62. The molecule has 0 atom stereocenters. The lowest BCUT2D eigenvalue weighted by Gasteiger charge is -2.26. The van der Waals surface area contributed by atoms with Crippen molar-refractivity contribution >= 4 is 181 Å². The number of para-hydroxylation sites is 1. The Kier molecular flexibility index (Phi) is 7.90. The molecule has 0 radical (unpaired) electrons. The molecule has 300 valence electrons. The van der Waals surface area contributed by atoms with E-state index in [1.807, 2.05) is 57.5 Å². The summed E-state index contributed by atoms with van der Waals surface area (Å²) in [5.41, 5.74) is 5.95. The maximum absolute atomic E-state index is 3.88. The van der Waals surface area contributed by atoms with Gasteiger partial charge >= 0.3 is 0 Å². The first-order valence-corrected chi connectivity index (χ1v) is 24.8. The highest BCUT2D eigenvalue weighted by Gasteiger charge is 2.20. The fourth-order valence-corrected chi connectivity index (χ4v) is 14.8. The number of aryl methyl sites for hydroxylation is 1. The van der Waals surface area contributed by atoms with Crippen molar-refractivity contribution in [2.24, 2.45) is 0 Å². The molecular formula is C59H35NS4. The molecular weight excluding hydrogens is 851 g/mol. The number of hydrogen-bond acceptors (Lipinski definition) is 5. The van der Waals surface area contributed by atoms with Crippen LogP contribution in [0.25, 0.3) is 119 Å². The molecule has 0 N–H and O–H groups in total. The Morgan fingerprint density at radius 3 is 1.30 bits per heavy atom. The highest BCUT2D eigenvalue weighted by atomic mass is 32.1. The second-order valence-electron chi connectivity index (χ2n) is 17.0. The van der Waals surface area contributed by atoms with Crippen molar-refractivity contribution in [3.63, 3.8) is 0 Å². The predicted octanol–water partition coefficient (Wildman–Crippen LogP) is 19.6. The molecule has 0 aliphatic carbocycles. The molecule has 4 heterocycles. The zero-order chi connectivity index (χ0) is 42.2. The maximum atomic E-state index is 3.88. The van der Waals surface area contributed by atoms with Gasteiger partial charge in [-0.2, -0.15) is 0 Å². The van der Waals surface area contributed by atoms with Crippen LogP contribution in [0, 0.1) is 6.92 Å². The van der Waals surface area contributed by atoms with Gasteiger partial charge in [0.2, 0.25) is 0 Å². The molecule has 0 fully saturated rings. The molecule has 0 spiro atoms. The average molecular weight is 886 g/mol. The first-order valence-electron chi connectivity index (χ1n) is 21.6. The second kappa shape index (κ2) is 13.8. The molecule has 0 unspecified atom stereocenters. The van der Waals surface area contributed by atoms with Gasteiger partial charge in [0.15, 0.2) is 0 Å². The number of benzene rings is 10. The number of allylic oxidation sites excluding steroid dienone is 2. The summed E-state index contributed by atoms with van der Waals surface area (Å²) in [6.07, 6.45) is 6.03. The minimum absolute atomic E-state index is 1.14. The van der Waals surface area contributed by atoms with E-state index < -0.39 is 0 Å². The first kappa shape index (κ1) is 36.6. The molecule has 0 saturated heterocycles. The van der Waals surface area contributed by atoms with Gasteiger partial charge in [-0.15, -0.1) is 45.3 Å². The van der Waals surface area contributed by atoms with Crippen molar-refractivity contribution in [3.05, 3.63) is 194 Å². The Balaban J connectivity index is 0.907. The summed E-state index contributed by atoms with van der Waals surface area (Å²) in [4.78, 5) is 2.41. The van der Waals surface area contributed by atoms with Crippen LogP contribution >= 0.6 is 45.3 Å². The van der Waals surface area contributed by atoms with Crippen LogP contribution in [0.4, 0.5) is 17.1 Å². The lowest BCUT2D eigenvalue weighted by atomic mass is 9.99. The summed E-state index contributed by atoms with van der Waals surface area (Å²) in [5, 5.41) is 18.5. The average Bonchev–Trinajstić information content (AvgIpc) is 4.08. The third-order valence-corrected chi connectivity index (χ3v) is 17.7. The largest absolute Gasteiger partial charge is 0.310 e. The Morgan fingerprint density at radius 1 is 0.375 bits per heavy atom. The van der Waals surface area contributed by atoms with Crippen LogP contribution in [-0.2, 0) is 0 Å². The zero-order valence-corrected chi connectivity index (χ0v) is 37.9. The number of nitrogens with zero attached hydrogens (tertiary/aromatic N) is 1. The van der Waals surface area contributed by atoms with Crippen LogP contribution in [0.15, 0.2) is 183 Å². The Labute approximate surface area is 384 Å². The molecule has 5 heteroatoms. The van der Waals surface area contributed by atoms with E-state index in [0.29, 0.717) is 0 Å². The highest BCUT2D eigenvalue weighted by molar-refractivity contribution is 7.29. The number of anilines is 3. The number of hydrogen-bond donors (Lipinski definition) is 0. The minimum Gasteiger partial charge on any atom is -0.310 e. The SMILES string of the molecule is C=C/C=C\c1cc2sc3ccc4sc5cc6cc(N(c7ccccc7)c7ccc8cc9c(cc8c7)sc7ccc8sc%10cc%11ccccc%11cc%10c8c79)ccc6cc5c4c3c2cc1C. The second-order valence-corrected chi connectivity index (χ2v) is 21.3. The van der Waals surface area contributed by atoms with Crippen molar-refractivity contribution in [2.45, 2.75) is 6.92 Å². The van der Waals surface area contributed by atoms with Gasteiger partial charge in [-0.1, -0.05) is 79.4 Å². The fourth-order valence-electron chi connectivity index (χ4n) is 10.2. The van der Waals surface area contributed by atoms with E-state index in [-0.39, 0.29) is 0 Å². The third kappa shape index (κ3) is 5.45. The predicted molar refractivity (Wildman–Crippen MR) is 289 cm³/mol. The van der Waals surface area contributed by atoms with Crippen molar-refractivity contribution in [3.8, 4) is 0 Å².